The molecule has 0 saturated carbocycles. The van der Waals surface area contributed by atoms with E-state index in [-0.39, 0.29) is 24.3 Å². The Labute approximate surface area is 220 Å². The minimum Gasteiger partial charge on any atom is -0.462 e. The SMILES string of the molecule is C=C1C[C@H](CCCOC(c2ccccc2)(c2ccccc2)c2ccccc2)OC1CC[C@@H]1CCC(=O)O1. The maximum atomic E-state index is 11.4. The topological polar surface area (TPSA) is 44.8 Å². The summed E-state index contributed by atoms with van der Waals surface area (Å²) in [5, 5.41) is 0. The Balaban J connectivity index is 1.24. The van der Waals surface area contributed by atoms with Crippen molar-refractivity contribution in [1.82, 2.24) is 0 Å². The Kier molecular flexibility index (Phi) is 8.18. The van der Waals surface area contributed by atoms with Crippen LogP contribution in [0.4, 0.5) is 0 Å². The number of carbonyl (C=O) groups is 1. The molecule has 4 heteroatoms. The molecule has 2 aliphatic rings. The molecule has 2 saturated heterocycles. The van der Waals surface area contributed by atoms with Gasteiger partial charge in [0.15, 0.2) is 0 Å². The van der Waals surface area contributed by atoms with Crippen LogP contribution in [0.1, 0.15) is 61.6 Å². The summed E-state index contributed by atoms with van der Waals surface area (Å²) in [6.45, 7) is 4.87. The van der Waals surface area contributed by atoms with Crippen LogP contribution in [0, 0.1) is 0 Å². The van der Waals surface area contributed by atoms with Gasteiger partial charge in [-0.25, -0.2) is 0 Å². The molecule has 2 aliphatic heterocycles. The van der Waals surface area contributed by atoms with Crippen LogP contribution in [0.25, 0.3) is 0 Å². The molecule has 2 fully saturated rings. The van der Waals surface area contributed by atoms with E-state index in [1.807, 2.05) is 18.2 Å². The predicted octanol–water partition coefficient (Wildman–Crippen LogP) is 6.97. The third-order valence-corrected chi connectivity index (χ3v) is 7.55. The molecule has 0 spiro atoms. The zero-order chi connectivity index (χ0) is 25.5. The van der Waals surface area contributed by atoms with Gasteiger partial charge in [0.25, 0.3) is 0 Å². The van der Waals surface area contributed by atoms with E-state index in [1.54, 1.807) is 0 Å². The van der Waals surface area contributed by atoms with Gasteiger partial charge in [0, 0.05) is 13.0 Å². The van der Waals surface area contributed by atoms with Crippen molar-refractivity contribution in [2.75, 3.05) is 6.61 Å². The van der Waals surface area contributed by atoms with Gasteiger partial charge in [0.05, 0.1) is 12.2 Å². The molecule has 3 aromatic carbocycles. The molecule has 0 radical (unpaired) electrons. The fourth-order valence-corrected chi connectivity index (χ4v) is 5.67. The number of cyclic esters (lactones) is 1. The van der Waals surface area contributed by atoms with Crippen molar-refractivity contribution in [3.8, 4) is 0 Å². The van der Waals surface area contributed by atoms with Gasteiger partial charge in [0.1, 0.15) is 11.7 Å². The van der Waals surface area contributed by atoms with E-state index in [0.717, 1.165) is 60.8 Å². The van der Waals surface area contributed by atoms with Crippen molar-refractivity contribution in [1.29, 1.82) is 0 Å². The van der Waals surface area contributed by atoms with E-state index >= 15 is 0 Å². The zero-order valence-corrected chi connectivity index (χ0v) is 21.4. The van der Waals surface area contributed by atoms with Crippen LogP contribution >= 0.6 is 0 Å². The van der Waals surface area contributed by atoms with E-state index in [9.17, 15) is 4.79 Å². The Bertz CT molecular complexity index is 1060. The second-order valence-corrected chi connectivity index (χ2v) is 10.1. The van der Waals surface area contributed by atoms with E-state index in [4.69, 9.17) is 14.2 Å². The molecule has 0 amide bonds. The van der Waals surface area contributed by atoms with Crippen LogP contribution < -0.4 is 0 Å². The fourth-order valence-electron chi connectivity index (χ4n) is 5.67. The number of hydrogen-bond donors (Lipinski definition) is 0. The third kappa shape index (κ3) is 5.87. The molecule has 5 rings (SSSR count). The summed E-state index contributed by atoms with van der Waals surface area (Å²) < 4.78 is 18.6. The molecule has 0 bridgehead atoms. The smallest absolute Gasteiger partial charge is 0.306 e. The molecule has 3 aromatic rings. The summed E-state index contributed by atoms with van der Waals surface area (Å²) in [4.78, 5) is 11.4. The molecule has 4 nitrogen and oxygen atoms in total. The number of hydrogen-bond acceptors (Lipinski definition) is 4. The van der Waals surface area contributed by atoms with Gasteiger partial charge in [-0.1, -0.05) is 97.6 Å². The monoisotopic (exact) mass is 496 g/mol. The first-order valence-electron chi connectivity index (χ1n) is 13.5. The predicted molar refractivity (Wildman–Crippen MR) is 145 cm³/mol. The average molecular weight is 497 g/mol. The van der Waals surface area contributed by atoms with Gasteiger partial charge in [0.2, 0.25) is 0 Å². The highest BCUT2D eigenvalue weighted by Crippen LogP contribution is 2.41. The number of benzene rings is 3. The molecule has 2 heterocycles. The van der Waals surface area contributed by atoms with Crippen LogP contribution in [0.15, 0.2) is 103 Å². The summed E-state index contributed by atoms with van der Waals surface area (Å²) in [5.74, 6) is -0.0772. The molecule has 0 N–H and O–H groups in total. The first-order valence-corrected chi connectivity index (χ1v) is 13.5. The van der Waals surface area contributed by atoms with Crippen molar-refractivity contribution in [3.63, 3.8) is 0 Å². The summed E-state index contributed by atoms with van der Waals surface area (Å²) in [7, 11) is 0. The van der Waals surface area contributed by atoms with E-state index < -0.39 is 5.60 Å². The van der Waals surface area contributed by atoms with Crippen molar-refractivity contribution in [3.05, 3.63) is 120 Å². The lowest BCUT2D eigenvalue weighted by molar-refractivity contribution is -0.141. The second-order valence-electron chi connectivity index (χ2n) is 10.1. The molecule has 37 heavy (non-hydrogen) atoms. The highest BCUT2D eigenvalue weighted by molar-refractivity contribution is 5.71. The third-order valence-electron chi connectivity index (χ3n) is 7.55. The first kappa shape index (κ1) is 25.4. The molecule has 1 unspecified atom stereocenters. The van der Waals surface area contributed by atoms with Crippen LogP contribution in [0.5, 0.6) is 0 Å². The average Bonchev–Trinajstić information content (AvgIpc) is 3.53. The lowest BCUT2D eigenvalue weighted by atomic mass is 9.80. The van der Waals surface area contributed by atoms with Crippen molar-refractivity contribution in [2.24, 2.45) is 0 Å². The van der Waals surface area contributed by atoms with Gasteiger partial charge in [-0.05, 0) is 60.8 Å². The second kappa shape index (κ2) is 11.9. The van der Waals surface area contributed by atoms with Crippen LogP contribution in [-0.4, -0.2) is 30.9 Å². The van der Waals surface area contributed by atoms with Gasteiger partial charge in [-0.3, -0.25) is 4.79 Å². The lowest BCUT2D eigenvalue weighted by Crippen LogP contribution is -2.33. The van der Waals surface area contributed by atoms with Gasteiger partial charge < -0.3 is 14.2 Å². The van der Waals surface area contributed by atoms with E-state index in [1.165, 1.54) is 0 Å². The maximum Gasteiger partial charge on any atom is 0.306 e. The van der Waals surface area contributed by atoms with Crippen molar-refractivity contribution >= 4 is 5.97 Å². The number of esters is 1. The Morgan fingerprint density at radius 3 is 1.86 bits per heavy atom. The summed E-state index contributed by atoms with van der Waals surface area (Å²) >= 11 is 0. The van der Waals surface area contributed by atoms with Crippen LogP contribution in [0.3, 0.4) is 0 Å². The molecule has 192 valence electrons. The van der Waals surface area contributed by atoms with Gasteiger partial charge in [-0.2, -0.15) is 0 Å². The van der Waals surface area contributed by atoms with Crippen LogP contribution in [-0.2, 0) is 24.6 Å². The molecule has 0 aliphatic carbocycles. The number of rotatable bonds is 11. The molecule has 3 atom stereocenters. The van der Waals surface area contributed by atoms with E-state index in [2.05, 4.69) is 79.4 Å². The normalized spacial score (nSPS) is 21.8. The lowest BCUT2D eigenvalue weighted by Gasteiger charge is -2.36. The standard InChI is InChI=1S/C33H36O4/c1-25-24-30(36-31(25)21-19-29-20-22-32(34)37-29)18-11-23-35-33(26-12-5-2-6-13-26,27-14-7-3-8-15-27)28-16-9-4-10-17-28/h2-10,12-17,29-31H,1,11,18-24H2/t29-,30+,31?/m1/s1. The Morgan fingerprint density at radius 1 is 0.784 bits per heavy atom. The minimum absolute atomic E-state index is 0.0402. The van der Waals surface area contributed by atoms with Gasteiger partial charge in [-0.15, -0.1) is 0 Å². The van der Waals surface area contributed by atoms with Crippen LogP contribution in [0.2, 0.25) is 0 Å². The van der Waals surface area contributed by atoms with Crippen molar-refractivity contribution < 1.29 is 19.0 Å². The molecule has 0 aromatic heterocycles. The molecular formula is C33H36O4. The first-order chi connectivity index (χ1) is 18.1. The Hall–Kier alpha value is -3.21. The fraction of sp³-hybridized carbons (Fsp3) is 0.364. The highest BCUT2D eigenvalue weighted by atomic mass is 16.5. The summed E-state index contributed by atoms with van der Waals surface area (Å²) in [6.07, 6.45) is 6.02. The summed E-state index contributed by atoms with van der Waals surface area (Å²) in [6, 6.07) is 31.5. The zero-order valence-electron chi connectivity index (χ0n) is 21.4. The number of ether oxygens (including phenoxy) is 3. The van der Waals surface area contributed by atoms with Gasteiger partial charge >= 0.3 is 5.97 Å². The largest absolute Gasteiger partial charge is 0.462 e. The highest BCUT2D eigenvalue weighted by Gasteiger charge is 2.37. The quantitative estimate of drug-likeness (QED) is 0.124. The van der Waals surface area contributed by atoms with E-state index in [0.29, 0.717) is 13.0 Å². The van der Waals surface area contributed by atoms with Crippen molar-refractivity contribution in [2.45, 2.75) is 68.9 Å². The minimum atomic E-state index is -0.689. The maximum absolute atomic E-state index is 11.4. The Morgan fingerprint density at radius 2 is 1.35 bits per heavy atom. The number of carbonyl (C=O) groups excluding carboxylic acids is 1. The summed E-state index contributed by atoms with van der Waals surface area (Å²) in [5.41, 5.74) is 3.81. The molecular weight excluding hydrogens is 460 g/mol.